The molecule has 5 rings (SSSR count). The molecule has 38 heavy (non-hydrogen) atoms. The van der Waals surface area contributed by atoms with Gasteiger partial charge in [-0.15, -0.1) is 0 Å². The maximum atomic E-state index is 13.6. The Hall–Kier alpha value is -3.46. The highest BCUT2D eigenvalue weighted by atomic mass is 32.2. The number of H-pyrrole nitrogens is 1. The first kappa shape index (κ1) is 26.2. The highest BCUT2D eigenvalue weighted by Gasteiger charge is 2.55. The summed E-state index contributed by atoms with van der Waals surface area (Å²) in [7, 11) is -4.13. The highest BCUT2D eigenvalue weighted by Crippen LogP contribution is 2.62. The van der Waals surface area contributed by atoms with E-state index in [2.05, 4.69) is 21.6 Å². The van der Waals surface area contributed by atoms with Crippen molar-refractivity contribution < 1.29 is 13.2 Å². The standard InChI is InChI=1S/C29H34N4O4S/c1-5-20(4)33(22-16-29(17-22)12-13-29)27(35)21-10-7-11-23(14-21)38(36,37)32-28-30-24(15-25(34)31-28)26-18(2)8-6-9-19(26)3/h6-11,14-15,20,22H,5,12-13,16-17H2,1-4H3,(H2,30,31,32,34)/t20-/m1/s1. The molecule has 2 aliphatic rings. The minimum Gasteiger partial charge on any atom is -0.333 e. The van der Waals surface area contributed by atoms with Gasteiger partial charge in [0.15, 0.2) is 0 Å². The first-order valence-electron chi connectivity index (χ1n) is 13.2. The Morgan fingerprint density at radius 2 is 1.79 bits per heavy atom. The van der Waals surface area contributed by atoms with Gasteiger partial charge in [0.25, 0.3) is 21.5 Å². The first-order valence-corrected chi connectivity index (χ1v) is 14.6. The third kappa shape index (κ3) is 4.99. The van der Waals surface area contributed by atoms with Gasteiger partial charge in [-0.3, -0.25) is 14.6 Å². The zero-order valence-corrected chi connectivity index (χ0v) is 23.1. The van der Waals surface area contributed by atoms with Crippen molar-refractivity contribution in [3.63, 3.8) is 0 Å². The second kappa shape index (κ2) is 9.69. The number of aryl methyl sites for hydroxylation is 2. The van der Waals surface area contributed by atoms with Crippen molar-refractivity contribution >= 4 is 21.9 Å². The Balaban J connectivity index is 1.42. The number of hydrogen-bond acceptors (Lipinski definition) is 5. The summed E-state index contributed by atoms with van der Waals surface area (Å²) in [6.45, 7) is 7.92. The largest absolute Gasteiger partial charge is 0.333 e. The Morgan fingerprint density at radius 3 is 2.42 bits per heavy atom. The summed E-state index contributed by atoms with van der Waals surface area (Å²) in [6.07, 6.45) is 5.36. The van der Waals surface area contributed by atoms with E-state index in [1.165, 1.54) is 31.0 Å². The number of nitrogens with one attached hydrogen (secondary N) is 2. The number of hydrogen-bond donors (Lipinski definition) is 2. The number of carbonyl (C=O) groups is 1. The molecule has 2 aromatic carbocycles. The second-order valence-corrected chi connectivity index (χ2v) is 12.6. The molecular weight excluding hydrogens is 500 g/mol. The van der Waals surface area contributed by atoms with Gasteiger partial charge in [-0.05, 0) is 87.6 Å². The average molecular weight is 535 g/mol. The molecule has 0 bridgehead atoms. The molecular formula is C29H34N4O4S. The summed E-state index contributed by atoms with van der Waals surface area (Å²) in [6, 6.07) is 13.4. The Bertz CT molecular complexity index is 1530. The molecule has 0 aliphatic heterocycles. The summed E-state index contributed by atoms with van der Waals surface area (Å²) in [5, 5.41) is 0. The number of benzene rings is 2. The number of amides is 1. The van der Waals surface area contributed by atoms with E-state index in [9.17, 15) is 18.0 Å². The van der Waals surface area contributed by atoms with Gasteiger partial charge in [0.05, 0.1) is 10.6 Å². The molecule has 1 heterocycles. The maximum Gasteiger partial charge on any atom is 0.264 e. The molecule has 2 saturated carbocycles. The van der Waals surface area contributed by atoms with Crippen LogP contribution in [0.25, 0.3) is 11.3 Å². The minimum atomic E-state index is -4.13. The third-order valence-corrected chi connectivity index (χ3v) is 9.43. The van der Waals surface area contributed by atoms with Crippen molar-refractivity contribution in [2.75, 3.05) is 4.72 Å². The SMILES string of the molecule is CC[C@@H](C)N(C(=O)c1cccc(S(=O)(=O)Nc2nc(-c3c(C)cccc3C)cc(=O)[nH]2)c1)C1CC2(CC2)C1. The van der Waals surface area contributed by atoms with Crippen LogP contribution in [0.4, 0.5) is 5.95 Å². The molecule has 9 heteroatoms. The van der Waals surface area contributed by atoms with Crippen LogP contribution in [-0.2, 0) is 10.0 Å². The molecule has 2 aliphatic carbocycles. The topological polar surface area (TPSA) is 112 Å². The van der Waals surface area contributed by atoms with E-state index in [1.807, 2.05) is 43.9 Å². The van der Waals surface area contributed by atoms with Gasteiger partial charge in [-0.25, -0.2) is 18.1 Å². The predicted octanol–water partition coefficient (Wildman–Crippen LogP) is 5.04. The number of rotatable bonds is 8. The van der Waals surface area contributed by atoms with E-state index in [4.69, 9.17) is 0 Å². The number of carbonyl (C=O) groups excluding carboxylic acids is 1. The lowest BCUT2D eigenvalue weighted by Gasteiger charge is -2.46. The molecule has 0 saturated heterocycles. The molecule has 2 N–H and O–H groups in total. The fourth-order valence-electron chi connectivity index (χ4n) is 5.63. The summed E-state index contributed by atoms with van der Waals surface area (Å²) < 4.78 is 29.1. The van der Waals surface area contributed by atoms with E-state index in [1.54, 1.807) is 12.1 Å². The Morgan fingerprint density at radius 1 is 1.13 bits per heavy atom. The zero-order valence-electron chi connectivity index (χ0n) is 22.2. The van der Waals surface area contributed by atoms with Gasteiger partial charge in [0.2, 0.25) is 5.95 Å². The minimum absolute atomic E-state index is 0.0592. The lowest BCUT2D eigenvalue weighted by atomic mass is 9.75. The van der Waals surface area contributed by atoms with Crippen LogP contribution in [0.2, 0.25) is 0 Å². The summed E-state index contributed by atoms with van der Waals surface area (Å²) >= 11 is 0. The molecule has 8 nitrogen and oxygen atoms in total. The van der Waals surface area contributed by atoms with Crippen molar-refractivity contribution in [1.82, 2.24) is 14.9 Å². The van der Waals surface area contributed by atoms with Crippen LogP contribution < -0.4 is 10.3 Å². The van der Waals surface area contributed by atoms with Crippen molar-refractivity contribution in [3.8, 4) is 11.3 Å². The van der Waals surface area contributed by atoms with E-state index in [0.717, 1.165) is 36.0 Å². The molecule has 1 amide bonds. The molecule has 1 aromatic heterocycles. The monoisotopic (exact) mass is 534 g/mol. The van der Waals surface area contributed by atoms with Crippen LogP contribution in [0.5, 0.6) is 0 Å². The summed E-state index contributed by atoms with van der Waals surface area (Å²) in [5.41, 5.74) is 3.31. The molecule has 0 unspecified atom stereocenters. The fraction of sp³-hybridized carbons (Fsp3) is 0.414. The fourth-order valence-corrected chi connectivity index (χ4v) is 6.64. The van der Waals surface area contributed by atoms with Gasteiger partial charge in [0, 0.05) is 29.3 Å². The number of nitrogens with zero attached hydrogens (tertiary/aromatic N) is 2. The van der Waals surface area contributed by atoms with Gasteiger partial charge in [-0.2, -0.15) is 0 Å². The lowest BCUT2D eigenvalue weighted by Crippen LogP contribution is -2.52. The van der Waals surface area contributed by atoms with Crippen LogP contribution in [0, 0.1) is 19.3 Å². The number of aromatic nitrogens is 2. The van der Waals surface area contributed by atoms with Gasteiger partial charge in [0.1, 0.15) is 0 Å². The highest BCUT2D eigenvalue weighted by molar-refractivity contribution is 7.92. The van der Waals surface area contributed by atoms with Crippen LogP contribution in [0.3, 0.4) is 0 Å². The first-order chi connectivity index (χ1) is 18.0. The summed E-state index contributed by atoms with van der Waals surface area (Å²) in [5.74, 6) is -0.335. The molecule has 1 spiro atoms. The van der Waals surface area contributed by atoms with Gasteiger partial charge < -0.3 is 4.90 Å². The maximum absolute atomic E-state index is 13.6. The number of anilines is 1. The number of sulfonamides is 1. The van der Waals surface area contributed by atoms with Crippen LogP contribution in [-0.4, -0.2) is 41.3 Å². The molecule has 200 valence electrons. The van der Waals surface area contributed by atoms with Crippen LogP contribution in [0.15, 0.2) is 58.2 Å². The second-order valence-electron chi connectivity index (χ2n) is 10.9. The molecule has 2 fully saturated rings. The summed E-state index contributed by atoms with van der Waals surface area (Å²) in [4.78, 5) is 34.8. The smallest absolute Gasteiger partial charge is 0.264 e. The normalized spacial score (nSPS) is 17.1. The molecule has 3 aromatic rings. The molecule has 1 atom stereocenters. The van der Waals surface area contributed by atoms with E-state index >= 15 is 0 Å². The quantitative estimate of drug-likeness (QED) is 0.421. The Kier molecular flexibility index (Phi) is 6.67. The lowest BCUT2D eigenvalue weighted by molar-refractivity contribution is 0.0262. The third-order valence-electron chi connectivity index (χ3n) is 8.09. The van der Waals surface area contributed by atoms with Crippen molar-refractivity contribution in [3.05, 3.63) is 75.6 Å². The van der Waals surface area contributed by atoms with E-state index < -0.39 is 15.6 Å². The number of aromatic amines is 1. The Labute approximate surface area is 223 Å². The predicted molar refractivity (Wildman–Crippen MR) is 148 cm³/mol. The van der Waals surface area contributed by atoms with Crippen molar-refractivity contribution in [1.29, 1.82) is 0 Å². The van der Waals surface area contributed by atoms with E-state index in [-0.39, 0.29) is 28.8 Å². The van der Waals surface area contributed by atoms with Crippen molar-refractivity contribution in [2.45, 2.75) is 76.8 Å². The molecule has 0 radical (unpaired) electrons. The van der Waals surface area contributed by atoms with Gasteiger partial charge >= 0.3 is 0 Å². The average Bonchev–Trinajstić information content (AvgIpc) is 3.64. The zero-order chi connectivity index (χ0) is 27.2. The van der Waals surface area contributed by atoms with Crippen LogP contribution >= 0.6 is 0 Å². The van der Waals surface area contributed by atoms with Gasteiger partial charge in [-0.1, -0.05) is 31.2 Å². The van der Waals surface area contributed by atoms with Crippen molar-refractivity contribution in [2.24, 2.45) is 5.41 Å². The van der Waals surface area contributed by atoms with E-state index in [0.29, 0.717) is 16.7 Å². The van der Waals surface area contributed by atoms with Crippen LogP contribution in [0.1, 0.15) is 67.4 Å².